The zero-order valence-electron chi connectivity index (χ0n) is 10.7. The molecule has 0 saturated heterocycles. The number of halogens is 1. The Kier molecular flexibility index (Phi) is 4.60. The van der Waals surface area contributed by atoms with Crippen molar-refractivity contribution in [2.75, 3.05) is 11.9 Å². The van der Waals surface area contributed by atoms with Gasteiger partial charge in [-0.2, -0.15) is 0 Å². The average molecular weight is 278 g/mol. The molecule has 0 atom stereocenters. The monoisotopic (exact) mass is 277 g/mol. The summed E-state index contributed by atoms with van der Waals surface area (Å²) in [6.45, 7) is 3.00. The molecule has 100 valence electrons. The van der Waals surface area contributed by atoms with E-state index >= 15 is 0 Å². The molecule has 0 fully saturated rings. The summed E-state index contributed by atoms with van der Waals surface area (Å²) in [7, 11) is 0. The minimum Gasteiger partial charge on any atom is -0.494 e. The first-order valence-electron chi connectivity index (χ1n) is 6.07. The number of rotatable bonds is 5. The van der Waals surface area contributed by atoms with Crippen LogP contribution in [-0.2, 0) is 6.54 Å². The number of nitrogens with zero attached hydrogens (tertiary/aromatic N) is 1. The number of nitrogens with two attached hydrogens (primary N) is 1. The van der Waals surface area contributed by atoms with E-state index < -0.39 is 0 Å². The molecule has 1 heterocycles. The van der Waals surface area contributed by atoms with E-state index in [0.29, 0.717) is 18.2 Å². The maximum atomic E-state index is 5.79. The van der Waals surface area contributed by atoms with E-state index in [4.69, 9.17) is 22.1 Å². The van der Waals surface area contributed by atoms with Crippen LogP contribution in [-0.4, -0.2) is 11.6 Å². The molecule has 0 aliphatic rings. The number of hydrogen-bond acceptors (Lipinski definition) is 4. The highest BCUT2D eigenvalue weighted by atomic mass is 35.5. The van der Waals surface area contributed by atoms with Crippen LogP contribution in [0, 0.1) is 0 Å². The second kappa shape index (κ2) is 6.41. The number of hydrogen-bond donors (Lipinski definition) is 2. The normalized spacial score (nSPS) is 10.3. The molecule has 0 unspecified atom stereocenters. The predicted molar refractivity (Wildman–Crippen MR) is 78.0 cm³/mol. The molecule has 2 aromatic rings. The second-order valence-electron chi connectivity index (χ2n) is 3.95. The van der Waals surface area contributed by atoms with Crippen molar-refractivity contribution in [3.63, 3.8) is 0 Å². The zero-order valence-corrected chi connectivity index (χ0v) is 11.4. The highest BCUT2D eigenvalue weighted by Crippen LogP contribution is 2.24. The van der Waals surface area contributed by atoms with Crippen LogP contribution in [0.1, 0.15) is 12.5 Å². The van der Waals surface area contributed by atoms with Gasteiger partial charge in [-0.15, -0.1) is 0 Å². The SMILES string of the molecule is CCOc1ccc(Nc2ccc(Cl)cn2)cc1CN. The minimum absolute atomic E-state index is 0.429. The van der Waals surface area contributed by atoms with Crippen molar-refractivity contribution < 1.29 is 4.74 Å². The summed E-state index contributed by atoms with van der Waals surface area (Å²) < 4.78 is 5.51. The molecule has 0 aliphatic carbocycles. The summed E-state index contributed by atoms with van der Waals surface area (Å²) in [5.74, 6) is 1.55. The van der Waals surface area contributed by atoms with E-state index in [-0.39, 0.29) is 0 Å². The lowest BCUT2D eigenvalue weighted by atomic mass is 10.1. The van der Waals surface area contributed by atoms with Crippen molar-refractivity contribution in [2.45, 2.75) is 13.5 Å². The van der Waals surface area contributed by atoms with Crippen molar-refractivity contribution in [3.8, 4) is 5.75 Å². The minimum atomic E-state index is 0.429. The van der Waals surface area contributed by atoms with Crippen molar-refractivity contribution in [1.29, 1.82) is 0 Å². The molecule has 19 heavy (non-hydrogen) atoms. The highest BCUT2D eigenvalue weighted by molar-refractivity contribution is 6.30. The van der Waals surface area contributed by atoms with Crippen LogP contribution < -0.4 is 15.8 Å². The molecule has 0 amide bonds. The fourth-order valence-electron chi connectivity index (χ4n) is 1.71. The van der Waals surface area contributed by atoms with Gasteiger partial charge in [0.2, 0.25) is 0 Å². The summed E-state index contributed by atoms with van der Waals surface area (Å²) in [5, 5.41) is 3.81. The zero-order chi connectivity index (χ0) is 13.7. The molecular formula is C14H16ClN3O. The lowest BCUT2D eigenvalue weighted by molar-refractivity contribution is 0.336. The van der Waals surface area contributed by atoms with Gasteiger partial charge in [-0.25, -0.2) is 4.98 Å². The van der Waals surface area contributed by atoms with Gasteiger partial charge < -0.3 is 15.8 Å². The van der Waals surface area contributed by atoms with Crippen LogP contribution in [0.5, 0.6) is 5.75 Å². The second-order valence-corrected chi connectivity index (χ2v) is 4.38. The fourth-order valence-corrected chi connectivity index (χ4v) is 1.82. The van der Waals surface area contributed by atoms with Gasteiger partial charge in [-0.05, 0) is 37.3 Å². The van der Waals surface area contributed by atoms with Crippen LogP contribution in [0.3, 0.4) is 0 Å². The number of nitrogens with one attached hydrogen (secondary N) is 1. The Morgan fingerprint density at radius 1 is 1.32 bits per heavy atom. The van der Waals surface area contributed by atoms with Crippen LogP contribution in [0.15, 0.2) is 36.5 Å². The fraction of sp³-hybridized carbons (Fsp3) is 0.214. The molecule has 2 rings (SSSR count). The van der Waals surface area contributed by atoms with Gasteiger partial charge in [0.25, 0.3) is 0 Å². The smallest absolute Gasteiger partial charge is 0.130 e. The van der Waals surface area contributed by atoms with Crippen LogP contribution >= 0.6 is 11.6 Å². The maximum Gasteiger partial charge on any atom is 0.130 e. The van der Waals surface area contributed by atoms with E-state index in [2.05, 4.69) is 10.3 Å². The molecule has 3 N–H and O–H groups in total. The van der Waals surface area contributed by atoms with E-state index in [1.54, 1.807) is 12.3 Å². The molecule has 0 bridgehead atoms. The van der Waals surface area contributed by atoms with Crippen LogP contribution in [0.4, 0.5) is 11.5 Å². The lowest BCUT2D eigenvalue weighted by Gasteiger charge is -2.12. The molecule has 5 heteroatoms. The van der Waals surface area contributed by atoms with Gasteiger partial charge in [0, 0.05) is 24.0 Å². The third kappa shape index (κ3) is 3.59. The number of anilines is 2. The predicted octanol–water partition coefficient (Wildman–Crippen LogP) is 3.34. The van der Waals surface area contributed by atoms with Crippen molar-refractivity contribution in [1.82, 2.24) is 4.98 Å². The summed E-state index contributed by atoms with van der Waals surface area (Å²) in [5.41, 5.74) is 7.60. The van der Waals surface area contributed by atoms with Crippen LogP contribution in [0.2, 0.25) is 5.02 Å². The molecular weight excluding hydrogens is 262 g/mol. The Bertz CT molecular complexity index is 543. The largest absolute Gasteiger partial charge is 0.494 e. The summed E-state index contributed by atoms with van der Waals surface area (Å²) in [6, 6.07) is 9.40. The van der Waals surface area contributed by atoms with Crippen molar-refractivity contribution in [3.05, 3.63) is 47.1 Å². The quantitative estimate of drug-likeness (QED) is 0.880. The van der Waals surface area contributed by atoms with E-state index in [9.17, 15) is 0 Å². The first kappa shape index (κ1) is 13.6. The standard InChI is InChI=1S/C14H16ClN3O/c1-2-19-13-5-4-12(7-10(13)8-16)18-14-6-3-11(15)9-17-14/h3-7,9H,2,8,16H2,1H3,(H,17,18). The van der Waals surface area contributed by atoms with Gasteiger partial charge in [0.15, 0.2) is 0 Å². The van der Waals surface area contributed by atoms with Gasteiger partial charge in [0.1, 0.15) is 11.6 Å². The molecule has 0 aliphatic heterocycles. The number of ether oxygens (including phenoxy) is 1. The summed E-state index contributed by atoms with van der Waals surface area (Å²) in [4.78, 5) is 4.18. The van der Waals surface area contributed by atoms with E-state index in [0.717, 1.165) is 22.8 Å². The van der Waals surface area contributed by atoms with Gasteiger partial charge in [-0.1, -0.05) is 11.6 Å². The number of aromatic nitrogens is 1. The topological polar surface area (TPSA) is 60.2 Å². The first-order valence-corrected chi connectivity index (χ1v) is 6.45. The number of pyridine rings is 1. The van der Waals surface area contributed by atoms with Crippen molar-refractivity contribution in [2.24, 2.45) is 5.73 Å². The summed E-state index contributed by atoms with van der Waals surface area (Å²) in [6.07, 6.45) is 1.60. The molecule has 1 aromatic heterocycles. The van der Waals surface area contributed by atoms with Crippen molar-refractivity contribution >= 4 is 23.1 Å². The first-order chi connectivity index (χ1) is 9.22. The van der Waals surface area contributed by atoms with Crippen LogP contribution in [0.25, 0.3) is 0 Å². The van der Waals surface area contributed by atoms with E-state index in [1.807, 2.05) is 31.2 Å². The third-order valence-corrected chi connectivity index (χ3v) is 2.80. The highest BCUT2D eigenvalue weighted by Gasteiger charge is 2.04. The average Bonchev–Trinajstić information content (AvgIpc) is 2.43. The molecule has 1 aromatic carbocycles. The van der Waals surface area contributed by atoms with E-state index in [1.165, 1.54) is 0 Å². The Labute approximate surface area is 117 Å². The lowest BCUT2D eigenvalue weighted by Crippen LogP contribution is -2.03. The molecule has 0 saturated carbocycles. The Morgan fingerprint density at radius 2 is 2.16 bits per heavy atom. The van der Waals surface area contributed by atoms with Gasteiger partial charge >= 0.3 is 0 Å². The Morgan fingerprint density at radius 3 is 2.79 bits per heavy atom. The summed E-state index contributed by atoms with van der Waals surface area (Å²) >= 11 is 5.79. The maximum absolute atomic E-state index is 5.79. The van der Waals surface area contributed by atoms with Gasteiger partial charge in [-0.3, -0.25) is 0 Å². The Balaban J connectivity index is 2.18. The molecule has 0 radical (unpaired) electrons. The molecule has 0 spiro atoms. The van der Waals surface area contributed by atoms with Gasteiger partial charge in [0.05, 0.1) is 11.6 Å². The third-order valence-electron chi connectivity index (χ3n) is 2.58. The number of benzene rings is 1. The Hall–Kier alpha value is -1.78. The molecule has 4 nitrogen and oxygen atoms in total.